The van der Waals surface area contributed by atoms with Crippen LogP contribution in [0.15, 0.2) is 30.7 Å². The zero-order valence-corrected chi connectivity index (χ0v) is 11.8. The Kier molecular flexibility index (Phi) is 5.08. The van der Waals surface area contributed by atoms with Crippen LogP contribution >= 0.6 is 0 Å². The summed E-state index contributed by atoms with van der Waals surface area (Å²) in [5.74, 6) is -4.58. The molecule has 7 heteroatoms. The second-order valence-corrected chi connectivity index (χ2v) is 4.92. The zero-order chi connectivity index (χ0) is 16.1. The average Bonchev–Trinajstić information content (AvgIpc) is 2.45. The van der Waals surface area contributed by atoms with Crippen molar-refractivity contribution in [2.24, 2.45) is 0 Å². The van der Waals surface area contributed by atoms with Crippen molar-refractivity contribution in [2.45, 2.75) is 25.8 Å². The minimum absolute atomic E-state index is 0.0700. The first-order chi connectivity index (χ1) is 10.5. The van der Waals surface area contributed by atoms with Gasteiger partial charge in [0.05, 0.1) is 12.1 Å². The molecule has 22 heavy (non-hydrogen) atoms. The van der Waals surface area contributed by atoms with Crippen LogP contribution in [0.4, 0.5) is 13.2 Å². The predicted molar refractivity (Wildman–Crippen MR) is 73.4 cm³/mol. The van der Waals surface area contributed by atoms with Gasteiger partial charge in [0.25, 0.3) is 0 Å². The smallest absolute Gasteiger partial charge is 0.224 e. The summed E-state index contributed by atoms with van der Waals surface area (Å²) in [6, 6.07) is 1.40. The molecular weight excluding hydrogens is 295 g/mol. The number of carbonyl (C=O) groups excluding carboxylic acids is 1. The highest BCUT2D eigenvalue weighted by Crippen LogP contribution is 2.14. The molecule has 0 fully saturated rings. The average molecular weight is 309 g/mol. The lowest BCUT2D eigenvalue weighted by atomic mass is 10.1. The van der Waals surface area contributed by atoms with E-state index in [4.69, 9.17) is 0 Å². The van der Waals surface area contributed by atoms with Crippen molar-refractivity contribution in [1.82, 2.24) is 15.3 Å². The van der Waals surface area contributed by atoms with Gasteiger partial charge < -0.3 is 5.32 Å². The first-order valence-electron chi connectivity index (χ1n) is 6.63. The van der Waals surface area contributed by atoms with Crippen LogP contribution in [0.1, 0.15) is 18.2 Å². The molecule has 0 radical (unpaired) electrons. The van der Waals surface area contributed by atoms with Crippen molar-refractivity contribution in [3.05, 3.63) is 59.4 Å². The van der Waals surface area contributed by atoms with Gasteiger partial charge in [0.1, 0.15) is 0 Å². The third kappa shape index (κ3) is 4.28. The summed E-state index contributed by atoms with van der Waals surface area (Å²) in [5.41, 5.74) is 0.787. The summed E-state index contributed by atoms with van der Waals surface area (Å²) >= 11 is 0. The molecule has 1 aromatic carbocycles. The predicted octanol–water partition coefficient (Wildman–Crippen LogP) is 2.18. The van der Waals surface area contributed by atoms with Gasteiger partial charge in [0, 0.05) is 31.1 Å². The number of halogens is 3. The van der Waals surface area contributed by atoms with Gasteiger partial charge >= 0.3 is 0 Å². The number of nitrogens with one attached hydrogen (secondary N) is 1. The maximum absolute atomic E-state index is 13.1. The number of rotatable bonds is 5. The van der Waals surface area contributed by atoms with E-state index < -0.39 is 23.4 Å². The molecule has 1 amide bonds. The highest BCUT2D eigenvalue weighted by atomic mass is 19.2. The van der Waals surface area contributed by atoms with E-state index in [-0.39, 0.29) is 18.0 Å². The van der Waals surface area contributed by atoms with Crippen LogP contribution in [0, 0.1) is 17.5 Å². The largest absolute Gasteiger partial charge is 0.353 e. The number of amides is 1. The van der Waals surface area contributed by atoms with Crippen molar-refractivity contribution in [3.8, 4) is 0 Å². The molecule has 0 aliphatic carbocycles. The summed E-state index contributed by atoms with van der Waals surface area (Å²) < 4.78 is 39.0. The lowest BCUT2D eigenvalue weighted by Crippen LogP contribution is -2.35. The highest BCUT2D eigenvalue weighted by Gasteiger charge is 2.14. The summed E-state index contributed by atoms with van der Waals surface area (Å²) in [5, 5.41) is 2.69. The Balaban J connectivity index is 1.92. The second-order valence-electron chi connectivity index (χ2n) is 4.92. The van der Waals surface area contributed by atoms with Gasteiger partial charge in [-0.2, -0.15) is 0 Å². The molecule has 1 atom stereocenters. The van der Waals surface area contributed by atoms with Crippen LogP contribution in [0.2, 0.25) is 0 Å². The van der Waals surface area contributed by atoms with E-state index in [1.54, 1.807) is 25.5 Å². The summed E-state index contributed by atoms with van der Waals surface area (Å²) in [7, 11) is 0. The summed E-state index contributed by atoms with van der Waals surface area (Å²) in [4.78, 5) is 19.8. The van der Waals surface area contributed by atoms with Gasteiger partial charge in [0.15, 0.2) is 17.5 Å². The standard InChI is InChI=1S/C15H14F3N3O/c1-9(4-11-8-19-2-3-20-11)21-14(22)7-10-5-12(16)15(18)13(17)6-10/h2-3,5-6,8-9H,4,7H2,1H3,(H,21,22). The van der Waals surface area contributed by atoms with Gasteiger partial charge in [-0.05, 0) is 24.6 Å². The quantitative estimate of drug-likeness (QED) is 0.861. The highest BCUT2D eigenvalue weighted by molar-refractivity contribution is 5.78. The van der Waals surface area contributed by atoms with Gasteiger partial charge in [0.2, 0.25) is 5.91 Å². The number of hydrogen-bond donors (Lipinski definition) is 1. The van der Waals surface area contributed by atoms with E-state index in [1.165, 1.54) is 0 Å². The van der Waals surface area contributed by atoms with E-state index in [0.29, 0.717) is 12.1 Å². The molecule has 1 N–H and O–H groups in total. The van der Waals surface area contributed by atoms with Crippen molar-refractivity contribution in [3.63, 3.8) is 0 Å². The fourth-order valence-electron chi connectivity index (χ4n) is 2.02. The number of carbonyl (C=O) groups is 1. The number of hydrogen-bond acceptors (Lipinski definition) is 3. The van der Waals surface area contributed by atoms with Crippen LogP contribution in [0.3, 0.4) is 0 Å². The van der Waals surface area contributed by atoms with E-state index >= 15 is 0 Å². The number of aromatic nitrogens is 2. The maximum Gasteiger partial charge on any atom is 0.224 e. The first kappa shape index (κ1) is 15.9. The fraction of sp³-hybridized carbons (Fsp3) is 0.267. The molecule has 0 aliphatic rings. The SMILES string of the molecule is CC(Cc1cnccn1)NC(=O)Cc1cc(F)c(F)c(F)c1. The summed E-state index contributed by atoms with van der Waals surface area (Å²) in [6.07, 6.45) is 4.93. The van der Waals surface area contributed by atoms with Gasteiger partial charge in [-0.1, -0.05) is 0 Å². The van der Waals surface area contributed by atoms with Crippen LogP contribution in [0.5, 0.6) is 0 Å². The molecule has 1 heterocycles. The fourth-order valence-corrected chi connectivity index (χ4v) is 2.02. The normalized spacial score (nSPS) is 12.0. The number of benzene rings is 1. The number of nitrogens with zero attached hydrogens (tertiary/aromatic N) is 2. The monoisotopic (exact) mass is 309 g/mol. The van der Waals surface area contributed by atoms with Crippen LogP contribution in [-0.2, 0) is 17.6 Å². The zero-order valence-electron chi connectivity index (χ0n) is 11.8. The van der Waals surface area contributed by atoms with Gasteiger partial charge in [-0.15, -0.1) is 0 Å². The Hall–Kier alpha value is -2.44. The van der Waals surface area contributed by atoms with Gasteiger partial charge in [-0.25, -0.2) is 13.2 Å². The van der Waals surface area contributed by atoms with Crippen molar-refractivity contribution >= 4 is 5.91 Å². The molecule has 0 aliphatic heterocycles. The minimum atomic E-state index is -1.54. The van der Waals surface area contributed by atoms with Crippen LogP contribution in [-0.4, -0.2) is 21.9 Å². The van der Waals surface area contributed by atoms with E-state index in [2.05, 4.69) is 15.3 Å². The van der Waals surface area contributed by atoms with E-state index in [1.807, 2.05) is 0 Å². The molecule has 1 unspecified atom stereocenters. The molecule has 0 saturated carbocycles. The Bertz CT molecular complexity index is 641. The van der Waals surface area contributed by atoms with Crippen LogP contribution < -0.4 is 5.32 Å². The first-order valence-corrected chi connectivity index (χ1v) is 6.63. The molecule has 2 aromatic rings. The Morgan fingerprint density at radius 3 is 2.50 bits per heavy atom. The Morgan fingerprint density at radius 2 is 1.91 bits per heavy atom. The van der Waals surface area contributed by atoms with Crippen molar-refractivity contribution < 1.29 is 18.0 Å². The van der Waals surface area contributed by atoms with Crippen LogP contribution in [0.25, 0.3) is 0 Å². The lowest BCUT2D eigenvalue weighted by Gasteiger charge is -2.13. The molecule has 1 aromatic heterocycles. The second kappa shape index (κ2) is 7.02. The Labute approximate surface area is 125 Å². The molecule has 4 nitrogen and oxygen atoms in total. The third-order valence-corrected chi connectivity index (χ3v) is 2.95. The lowest BCUT2D eigenvalue weighted by molar-refractivity contribution is -0.121. The maximum atomic E-state index is 13.1. The summed E-state index contributed by atoms with van der Waals surface area (Å²) in [6.45, 7) is 1.78. The topological polar surface area (TPSA) is 54.9 Å². The van der Waals surface area contributed by atoms with E-state index in [9.17, 15) is 18.0 Å². The molecule has 0 spiro atoms. The molecule has 2 rings (SSSR count). The third-order valence-electron chi connectivity index (χ3n) is 2.95. The molecule has 0 bridgehead atoms. The Morgan fingerprint density at radius 1 is 1.23 bits per heavy atom. The van der Waals surface area contributed by atoms with Crippen molar-refractivity contribution in [2.75, 3.05) is 0 Å². The van der Waals surface area contributed by atoms with Gasteiger partial charge in [-0.3, -0.25) is 14.8 Å². The molecular formula is C15H14F3N3O. The minimum Gasteiger partial charge on any atom is -0.353 e. The molecule has 116 valence electrons. The van der Waals surface area contributed by atoms with E-state index in [0.717, 1.165) is 12.1 Å². The molecule has 0 saturated heterocycles. The van der Waals surface area contributed by atoms with Crippen molar-refractivity contribution in [1.29, 1.82) is 0 Å².